The molecule has 0 heterocycles. The Kier molecular flexibility index (Phi) is 25.0. The van der Waals surface area contributed by atoms with Gasteiger partial charge in [0.05, 0.1) is 31.1 Å². The maximum absolute atomic E-state index is 13.7. The zero-order valence-electron chi connectivity index (χ0n) is 40.2. The van der Waals surface area contributed by atoms with Crippen LogP contribution in [0.25, 0.3) is 0 Å². The zero-order chi connectivity index (χ0) is 53.0. The summed E-state index contributed by atoms with van der Waals surface area (Å²) in [6.45, 7) is 12.9. The van der Waals surface area contributed by atoms with Crippen LogP contribution in [0.3, 0.4) is 0 Å². The van der Waals surface area contributed by atoms with Crippen molar-refractivity contribution in [2.45, 2.75) is 155 Å². The summed E-state index contributed by atoms with van der Waals surface area (Å²) in [6, 6.07) is -5.15. The van der Waals surface area contributed by atoms with Gasteiger partial charge in [-0.1, -0.05) is 71.9 Å². The van der Waals surface area contributed by atoms with Gasteiger partial charge in [0, 0.05) is 0 Å². The molecule has 25 heteroatoms. The Morgan fingerprint density at radius 1 is 0.493 bits per heavy atom. The monoisotopic (exact) mass is 979 g/mol. The summed E-state index contributed by atoms with van der Waals surface area (Å²) in [5, 5.41) is 58.6. The smallest absolute Gasteiger partial charge is 0.326 e. The van der Waals surface area contributed by atoms with E-state index in [4.69, 9.17) is 11.5 Å². The van der Waals surface area contributed by atoms with Crippen molar-refractivity contribution < 1.29 is 73.2 Å². The number of aliphatic carboxylic acids is 2. The second kappa shape index (κ2) is 28.6. The molecule has 1 aromatic rings. The highest BCUT2D eigenvalue weighted by atomic mass is 16.4. The summed E-state index contributed by atoms with van der Waals surface area (Å²) in [6.07, 6.45) is -4.95. The van der Waals surface area contributed by atoms with Crippen molar-refractivity contribution in [3.05, 3.63) is 35.9 Å². The molecule has 0 spiro atoms. The van der Waals surface area contributed by atoms with Crippen molar-refractivity contribution in [2.24, 2.45) is 29.2 Å². The number of hydrogen-bond acceptors (Lipinski definition) is 14. The van der Waals surface area contributed by atoms with Gasteiger partial charge in [-0.15, -0.1) is 0 Å². The molecular weight excluding hydrogens is 909 g/mol. The molecule has 0 saturated heterocycles. The molecule has 0 aliphatic rings. The Labute approximate surface area is 399 Å². The summed E-state index contributed by atoms with van der Waals surface area (Å²) < 4.78 is 0. The van der Waals surface area contributed by atoms with Crippen LogP contribution in [0.1, 0.15) is 87.1 Å². The van der Waals surface area contributed by atoms with Gasteiger partial charge in [-0.3, -0.25) is 47.9 Å². The van der Waals surface area contributed by atoms with Crippen molar-refractivity contribution in [2.75, 3.05) is 0 Å². The number of aliphatic hydroxyl groups is 2. The van der Waals surface area contributed by atoms with Crippen LogP contribution in [-0.2, 0) is 59.2 Å². The highest BCUT2D eigenvalue weighted by molar-refractivity contribution is 5.99. The minimum absolute atomic E-state index is 0.0137. The average molecular weight is 979 g/mol. The van der Waals surface area contributed by atoms with E-state index >= 15 is 0 Å². The number of amides is 9. The number of carboxylic acid groups (broad SMARTS) is 2. The van der Waals surface area contributed by atoms with Gasteiger partial charge in [-0.2, -0.15) is 0 Å². The van der Waals surface area contributed by atoms with Gasteiger partial charge in [0.25, 0.3) is 0 Å². The minimum Gasteiger partial charge on any atom is -0.481 e. The van der Waals surface area contributed by atoms with Crippen molar-refractivity contribution in [3.63, 3.8) is 0 Å². The molecular formula is C44H70N10O15. The molecule has 1 rings (SSSR count). The quantitative estimate of drug-likeness (QED) is 0.0364. The van der Waals surface area contributed by atoms with Crippen molar-refractivity contribution in [1.29, 1.82) is 0 Å². The third kappa shape index (κ3) is 21.0. The number of nitrogens with one attached hydrogen (secondary N) is 8. The van der Waals surface area contributed by atoms with E-state index in [1.54, 1.807) is 58.0 Å². The fourth-order valence-electron chi connectivity index (χ4n) is 6.53. The molecule has 1 aromatic carbocycles. The fraction of sp³-hybridized carbons (Fsp3) is 0.614. The largest absolute Gasteiger partial charge is 0.481 e. The van der Waals surface area contributed by atoms with Gasteiger partial charge in [-0.25, -0.2) is 4.79 Å². The fourth-order valence-corrected chi connectivity index (χ4v) is 6.53. The van der Waals surface area contributed by atoms with Crippen LogP contribution in [-0.4, -0.2) is 152 Å². The predicted molar refractivity (Wildman–Crippen MR) is 245 cm³/mol. The molecule has 0 aliphatic carbocycles. The Morgan fingerprint density at radius 2 is 0.884 bits per heavy atom. The molecule has 0 radical (unpaired) electrons. The van der Waals surface area contributed by atoms with Crippen LogP contribution in [0.2, 0.25) is 0 Å². The number of hydrogen-bond donors (Lipinski definition) is 14. The van der Waals surface area contributed by atoms with Crippen molar-refractivity contribution in [3.8, 4) is 0 Å². The van der Waals surface area contributed by atoms with Gasteiger partial charge in [0.15, 0.2) is 0 Å². The van der Waals surface area contributed by atoms with Crippen LogP contribution in [0.4, 0.5) is 0 Å². The highest BCUT2D eigenvalue weighted by Gasteiger charge is 2.38. The van der Waals surface area contributed by atoms with Gasteiger partial charge in [0.2, 0.25) is 53.2 Å². The summed E-state index contributed by atoms with van der Waals surface area (Å²) in [4.78, 5) is 142. The van der Waals surface area contributed by atoms with E-state index in [0.717, 1.165) is 26.3 Å². The lowest BCUT2D eigenvalue weighted by atomic mass is 10.00. The Morgan fingerprint density at radius 3 is 1.30 bits per heavy atom. The van der Waals surface area contributed by atoms with Gasteiger partial charge in [0.1, 0.15) is 48.3 Å². The minimum atomic E-state index is -1.93. The zero-order valence-corrected chi connectivity index (χ0v) is 40.2. The molecule has 16 N–H and O–H groups in total. The number of rotatable bonds is 29. The molecule has 9 amide bonds. The van der Waals surface area contributed by atoms with Crippen LogP contribution >= 0.6 is 0 Å². The first-order valence-corrected chi connectivity index (χ1v) is 22.3. The Hall–Kier alpha value is -6.73. The molecule has 0 aliphatic heterocycles. The van der Waals surface area contributed by atoms with E-state index in [1.807, 2.05) is 0 Å². The van der Waals surface area contributed by atoms with Gasteiger partial charge >= 0.3 is 11.9 Å². The number of nitrogens with two attached hydrogens (primary N) is 2. The maximum Gasteiger partial charge on any atom is 0.326 e. The first kappa shape index (κ1) is 60.3. The van der Waals surface area contributed by atoms with Crippen molar-refractivity contribution >= 4 is 65.1 Å². The lowest BCUT2D eigenvalue weighted by Gasteiger charge is -2.30. The molecule has 0 saturated carbocycles. The van der Waals surface area contributed by atoms with Crippen LogP contribution < -0.4 is 54.0 Å². The number of carbonyl (C=O) groups excluding carboxylic acids is 9. The lowest BCUT2D eigenvalue weighted by molar-refractivity contribution is -0.143. The molecule has 0 unspecified atom stereocenters. The van der Waals surface area contributed by atoms with Crippen LogP contribution in [0, 0.1) is 17.8 Å². The molecule has 0 fully saturated rings. The van der Waals surface area contributed by atoms with E-state index < -0.39 is 156 Å². The lowest BCUT2D eigenvalue weighted by Crippen LogP contribution is -2.63. The molecule has 25 nitrogen and oxygen atoms in total. The number of carboxylic acids is 2. The van der Waals surface area contributed by atoms with Crippen LogP contribution in [0.5, 0.6) is 0 Å². The number of aliphatic hydroxyl groups excluding tert-OH is 2. The molecule has 0 aromatic heterocycles. The third-order valence-electron chi connectivity index (χ3n) is 10.4. The normalized spacial score (nSPS) is 16.0. The summed E-state index contributed by atoms with van der Waals surface area (Å²) in [5.41, 5.74) is 12.1. The summed E-state index contributed by atoms with van der Waals surface area (Å²) in [7, 11) is 0. The number of primary amides is 1. The van der Waals surface area contributed by atoms with Gasteiger partial charge < -0.3 is 74.4 Å². The SMILES string of the molecule is CC(C)C[C@H](NC(=O)[C@H](CC(N)=O)NC(=O)[C@H](C)NC(=O)[C@@H](NC(=O)[C@@H](NC(=O)[C@H](CC(=O)O)NC(=O)[C@@H](NC(=O)[C@@H](NC(=O)[C@@H](N)Cc1ccccc1)C(C)C)[C@@H](C)O)C(C)C)[C@@H](C)O)C(=O)O. The Bertz CT molecular complexity index is 1980. The van der Waals surface area contributed by atoms with Crippen LogP contribution in [0.15, 0.2) is 30.3 Å². The topological polar surface area (TPSA) is 417 Å². The van der Waals surface area contributed by atoms with E-state index in [1.165, 1.54) is 13.8 Å². The molecule has 386 valence electrons. The van der Waals surface area contributed by atoms with Crippen molar-refractivity contribution in [1.82, 2.24) is 42.5 Å². The highest BCUT2D eigenvalue weighted by Crippen LogP contribution is 2.10. The third-order valence-corrected chi connectivity index (χ3v) is 10.4. The second-order valence-corrected chi connectivity index (χ2v) is 17.9. The summed E-state index contributed by atoms with van der Waals surface area (Å²) >= 11 is 0. The van der Waals surface area contributed by atoms with E-state index in [0.29, 0.717) is 0 Å². The first-order valence-electron chi connectivity index (χ1n) is 22.3. The average Bonchev–Trinajstić information content (AvgIpc) is 3.23. The first-order chi connectivity index (χ1) is 32.0. The van der Waals surface area contributed by atoms with E-state index in [-0.39, 0.29) is 18.8 Å². The number of carbonyl (C=O) groups is 11. The molecule has 69 heavy (non-hydrogen) atoms. The summed E-state index contributed by atoms with van der Waals surface area (Å²) in [5.74, 6) is -13.9. The van der Waals surface area contributed by atoms with Gasteiger partial charge in [-0.05, 0) is 56.9 Å². The van der Waals surface area contributed by atoms with E-state index in [2.05, 4.69) is 42.5 Å². The molecule has 0 bridgehead atoms. The van der Waals surface area contributed by atoms with E-state index in [9.17, 15) is 73.2 Å². The predicted octanol–water partition coefficient (Wildman–Crippen LogP) is -3.99. The standard InChI is InChI=1S/C44H70N10O15/c1-19(2)15-29(44(68)69)50-38(62)27(17-30(46)57)48-36(60)22(7)47-42(66)34(23(8)55)53-41(65)33(21(5)6)52-39(63)28(18-31(58)59)49-43(67)35(24(9)56)54-40(64)32(20(3)4)51-37(61)26(45)16-25-13-11-10-12-14-25/h10-14,19-24,26-29,32-35,55-56H,15-18,45H2,1-9H3,(H2,46,57)(H,47,66)(H,48,60)(H,49,67)(H,50,62)(H,51,61)(H,52,63)(H,53,65)(H,54,64)(H,58,59)(H,68,69)/t22-,23+,24+,26-,27-,28-,29-,32-,33-,34-,35-/m0/s1. The Balaban J connectivity index is 3.19. The number of benzene rings is 1. The molecule has 11 atom stereocenters. The second-order valence-electron chi connectivity index (χ2n) is 17.9. The maximum atomic E-state index is 13.7.